The molecule has 0 unspecified atom stereocenters. The molecule has 1 heterocycles. The van der Waals surface area contributed by atoms with Crippen LogP contribution in [-0.2, 0) is 6.42 Å². The minimum absolute atomic E-state index is 0.941. The average molecular weight is 222 g/mol. The van der Waals surface area contributed by atoms with Crippen molar-refractivity contribution < 1.29 is 0 Å². The van der Waals surface area contributed by atoms with E-state index in [4.69, 9.17) is 0 Å². The smallest absolute Gasteiger partial charge is 0.134 e. The third-order valence-electron chi connectivity index (χ3n) is 2.50. The van der Waals surface area contributed by atoms with Gasteiger partial charge in [0.2, 0.25) is 0 Å². The topological polar surface area (TPSA) is 49.8 Å². The Labute approximate surface area is 97.9 Å². The molecule has 0 aromatic carbocycles. The zero-order valence-corrected chi connectivity index (χ0v) is 10.5. The lowest BCUT2D eigenvalue weighted by Crippen LogP contribution is -2.09. The molecule has 0 saturated carbocycles. The Balaban J connectivity index is 2.79. The molecule has 16 heavy (non-hydrogen) atoms. The van der Waals surface area contributed by atoms with E-state index in [1.165, 1.54) is 18.4 Å². The number of nitrogens with zero attached hydrogens (tertiary/aromatic N) is 2. The molecule has 0 radical (unpaired) electrons. The van der Waals surface area contributed by atoms with Crippen molar-refractivity contribution in [3.8, 4) is 0 Å². The third-order valence-corrected chi connectivity index (χ3v) is 2.50. The maximum atomic E-state index is 4.32. The number of aromatic nitrogens is 2. The Morgan fingerprint density at radius 1 is 1.12 bits per heavy atom. The highest BCUT2D eigenvalue weighted by atomic mass is 15.1. The zero-order chi connectivity index (χ0) is 11.8. The summed E-state index contributed by atoms with van der Waals surface area (Å²) in [6, 6.07) is 0. The van der Waals surface area contributed by atoms with Crippen LogP contribution in [0.25, 0.3) is 0 Å². The van der Waals surface area contributed by atoms with Crippen LogP contribution >= 0.6 is 0 Å². The number of anilines is 2. The van der Waals surface area contributed by atoms with Crippen LogP contribution < -0.4 is 10.6 Å². The van der Waals surface area contributed by atoms with Crippen LogP contribution in [0.2, 0.25) is 0 Å². The van der Waals surface area contributed by atoms with E-state index in [0.717, 1.165) is 31.0 Å². The standard InChI is InChI=1S/C12H22N4/c1-4-6-8-14-12-10(7-5-2)11(13-3)15-9-16-12/h9H,4-8H2,1-3H3,(H2,13,14,15,16). The van der Waals surface area contributed by atoms with E-state index in [9.17, 15) is 0 Å². The summed E-state index contributed by atoms with van der Waals surface area (Å²) >= 11 is 0. The van der Waals surface area contributed by atoms with Gasteiger partial charge in [-0.25, -0.2) is 9.97 Å². The van der Waals surface area contributed by atoms with Gasteiger partial charge in [0, 0.05) is 19.2 Å². The molecular formula is C12H22N4. The van der Waals surface area contributed by atoms with Crippen LogP contribution in [0, 0.1) is 0 Å². The van der Waals surface area contributed by atoms with Crippen LogP contribution in [0.15, 0.2) is 6.33 Å². The van der Waals surface area contributed by atoms with Gasteiger partial charge in [0.05, 0.1) is 0 Å². The monoisotopic (exact) mass is 222 g/mol. The predicted molar refractivity (Wildman–Crippen MR) is 69.0 cm³/mol. The van der Waals surface area contributed by atoms with Crippen LogP contribution in [0.3, 0.4) is 0 Å². The summed E-state index contributed by atoms with van der Waals surface area (Å²) in [5, 5.41) is 6.50. The fraction of sp³-hybridized carbons (Fsp3) is 0.667. The van der Waals surface area contributed by atoms with E-state index in [1.54, 1.807) is 6.33 Å². The molecule has 4 heteroatoms. The molecule has 0 atom stereocenters. The molecule has 0 aliphatic rings. The second kappa shape index (κ2) is 7.04. The number of nitrogens with one attached hydrogen (secondary N) is 2. The van der Waals surface area contributed by atoms with E-state index >= 15 is 0 Å². The number of hydrogen-bond donors (Lipinski definition) is 2. The van der Waals surface area contributed by atoms with E-state index < -0.39 is 0 Å². The van der Waals surface area contributed by atoms with Gasteiger partial charge in [-0.1, -0.05) is 26.7 Å². The summed E-state index contributed by atoms with van der Waals surface area (Å²) in [6.45, 7) is 5.34. The van der Waals surface area contributed by atoms with Gasteiger partial charge in [0.15, 0.2) is 0 Å². The molecule has 1 aromatic rings. The summed E-state index contributed by atoms with van der Waals surface area (Å²) in [5.41, 5.74) is 1.20. The highest BCUT2D eigenvalue weighted by molar-refractivity contribution is 5.57. The first-order valence-electron chi connectivity index (χ1n) is 6.08. The molecule has 0 amide bonds. The first-order valence-corrected chi connectivity index (χ1v) is 6.08. The maximum absolute atomic E-state index is 4.32. The Kier molecular flexibility index (Phi) is 5.61. The van der Waals surface area contributed by atoms with Gasteiger partial charge < -0.3 is 10.6 Å². The highest BCUT2D eigenvalue weighted by Gasteiger charge is 2.08. The second-order valence-electron chi connectivity index (χ2n) is 3.83. The summed E-state index contributed by atoms with van der Waals surface area (Å²) in [7, 11) is 1.90. The number of unbranched alkanes of at least 4 members (excludes halogenated alkanes) is 1. The average Bonchev–Trinajstić information content (AvgIpc) is 2.31. The largest absolute Gasteiger partial charge is 0.373 e. The van der Waals surface area contributed by atoms with E-state index in [-0.39, 0.29) is 0 Å². The maximum Gasteiger partial charge on any atom is 0.134 e. The summed E-state index contributed by atoms with van der Waals surface area (Å²) < 4.78 is 0. The van der Waals surface area contributed by atoms with Crippen molar-refractivity contribution in [3.05, 3.63) is 11.9 Å². The molecule has 90 valence electrons. The SMILES string of the molecule is CCCCNc1ncnc(NC)c1CCC. The molecule has 1 aromatic heterocycles. The normalized spacial score (nSPS) is 10.2. The molecule has 1 rings (SSSR count). The van der Waals surface area contributed by atoms with Gasteiger partial charge in [0.1, 0.15) is 18.0 Å². The van der Waals surface area contributed by atoms with Gasteiger partial charge in [-0.2, -0.15) is 0 Å². The molecule has 0 fully saturated rings. The molecule has 0 aliphatic carbocycles. The quantitative estimate of drug-likeness (QED) is 0.696. The lowest BCUT2D eigenvalue weighted by atomic mass is 10.1. The summed E-state index contributed by atoms with van der Waals surface area (Å²) in [5.74, 6) is 1.92. The Bertz CT molecular complexity index is 312. The Morgan fingerprint density at radius 3 is 2.50 bits per heavy atom. The number of rotatable bonds is 7. The fourth-order valence-corrected chi connectivity index (χ4v) is 1.65. The third kappa shape index (κ3) is 3.36. The molecule has 4 nitrogen and oxygen atoms in total. The molecule has 0 aliphatic heterocycles. The van der Waals surface area contributed by atoms with Crippen molar-refractivity contribution in [3.63, 3.8) is 0 Å². The van der Waals surface area contributed by atoms with Crippen molar-refractivity contribution in [1.82, 2.24) is 9.97 Å². The zero-order valence-electron chi connectivity index (χ0n) is 10.5. The summed E-state index contributed by atoms with van der Waals surface area (Å²) in [6.07, 6.45) is 6.08. The van der Waals surface area contributed by atoms with Crippen molar-refractivity contribution in [1.29, 1.82) is 0 Å². The molecule has 0 spiro atoms. The van der Waals surface area contributed by atoms with E-state index in [1.807, 2.05) is 7.05 Å². The number of hydrogen-bond acceptors (Lipinski definition) is 4. The first-order chi connectivity index (χ1) is 7.83. The Morgan fingerprint density at radius 2 is 1.88 bits per heavy atom. The molecule has 2 N–H and O–H groups in total. The lowest BCUT2D eigenvalue weighted by molar-refractivity contribution is 0.824. The van der Waals surface area contributed by atoms with Crippen molar-refractivity contribution >= 4 is 11.6 Å². The Hall–Kier alpha value is -1.32. The molecular weight excluding hydrogens is 200 g/mol. The van der Waals surface area contributed by atoms with Crippen molar-refractivity contribution in [2.45, 2.75) is 39.5 Å². The lowest BCUT2D eigenvalue weighted by Gasteiger charge is -2.13. The van der Waals surface area contributed by atoms with Crippen LogP contribution in [0.1, 0.15) is 38.7 Å². The van der Waals surface area contributed by atoms with Crippen LogP contribution in [-0.4, -0.2) is 23.6 Å². The molecule has 0 saturated heterocycles. The van der Waals surface area contributed by atoms with Gasteiger partial charge in [-0.3, -0.25) is 0 Å². The highest BCUT2D eigenvalue weighted by Crippen LogP contribution is 2.21. The van der Waals surface area contributed by atoms with Crippen LogP contribution in [0.5, 0.6) is 0 Å². The van der Waals surface area contributed by atoms with Gasteiger partial charge in [-0.05, 0) is 12.8 Å². The van der Waals surface area contributed by atoms with Crippen molar-refractivity contribution in [2.24, 2.45) is 0 Å². The van der Waals surface area contributed by atoms with Gasteiger partial charge in [-0.15, -0.1) is 0 Å². The van der Waals surface area contributed by atoms with Gasteiger partial charge in [0.25, 0.3) is 0 Å². The fourth-order valence-electron chi connectivity index (χ4n) is 1.65. The van der Waals surface area contributed by atoms with Crippen molar-refractivity contribution in [2.75, 3.05) is 24.2 Å². The van der Waals surface area contributed by atoms with Crippen LogP contribution in [0.4, 0.5) is 11.6 Å². The van der Waals surface area contributed by atoms with E-state index in [2.05, 4.69) is 34.4 Å². The first kappa shape index (κ1) is 12.7. The van der Waals surface area contributed by atoms with Gasteiger partial charge >= 0.3 is 0 Å². The second-order valence-corrected chi connectivity index (χ2v) is 3.83. The van der Waals surface area contributed by atoms with E-state index in [0.29, 0.717) is 0 Å². The predicted octanol–water partition coefficient (Wildman–Crippen LogP) is 2.68. The molecule has 0 bridgehead atoms. The summed E-state index contributed by atoms with van der Waals surface area (Å²) in [4.78, 5) is 8.56. The minimum atomic E-state index is 0.941. The minimum Gasteiger partial charge on any atom is -0.373 e.